The first-order valence-corrected chi connectivity index (χ1v) is 14.8. The van der Waals surface area contributed by atoms with Gasteiger partial charge >= 0.3 is 6.18 Å². The summed E-state index contributed by atoms with van der Waals surface area (Å²) in [6.07, 6.45) is -3.72. The Labute approximate surface area is 264 Å². The third-order valence-electron chi connectivity index (χ3n) is 7.02. The molecule has 2 aromatic carbocycles. The molecule has 1 aliphatic rings. The Morgan fingerprint density at radius 2 is 1.80 bits per heavy atom. The molecule has 0 saturated heterocycles. The van der Waals surface area contributed by atoms with Crippen molar-refractivity contribution in [2.45, 2.75) is 58.7 Å². The first-order valence-electron chi connectivity index (χ1n) is 14.4. The quantitative estimate of drug-likeness (QED) is 0.206. The van der Waals surface area contributed by atoms with Crippen LogP contribution in [0.1, 0.15) is 63.2 Å². The number of aliphatic hydroxyl groups is 1. The van der Waals surface area contributed by atoms with E-state index >= 15 is 0 Å². The Hall–Kier alpha value is -3.96. The fraction of sp³-hybridized carbons (Fsp3) is 0.364. The van der Waals surface area contributed by atoms with Gasteiger partial charge in [0, 0.05) is 33.7 Å². The summed E-state index contributed by atoms with van der Waals surface area (Å²) in [5, 5.41) is 13.7. The van der Waals surface area contributed by atoms with Gasteiger partial charge in [-0.2, -0.15) is 13.2 Å². The second-order valence-electron chi connectivity index (χ2n) is 10.3. The van der Waals surface area contributed by atoms with E-state index in [1.807, 2.05) is 27.7 Å². The third-order valence-corrected chi connectivity index (χ3v) is 7.31. The van der Waals surface area contributed by atoms with Gasteiger partial charge in [0.05, 0.1) is 31.0 Å². The molecule has 12 heteroatoms. The lowest BCUT2D eigenvalue weighted by Crippen LogP contribution is -2.51. The zero-order valence-electron chi connectivity index (χ0n) is 26.1. The van der Waals surface area contributed by atoms with Gasteiger partial charge in [0.2, 0.25) is 5.60 Å². The van der Waals surface area contributed by atoms with Crippen molar-refractivity contribution in [1.29, 1.82) is 0 Å². The lowest BCUT2D eigenvalue weighted by molar-refractivity contribution is -0.265. The van der Waals surface area contributed by atoms with Crippen LogP contribution in [0.3, 0.4) is 0 Å². The average molecular weight is 650 g/mol. The molecule has 0 saturated carbocycles. The molecule has 0 spiro atoms. The van der Waals surface area contributed by atoms with Gasteiger partial charge in [-0.1, -0.05) is 59.2 Å². The maximum atomic E-state index is 14.6. The Morgan fingerprint density at radius 3 is 2.42 bits per heavy atom. The topological polar surface area (TPSA) is 93.6 Å². The largest absolute Gasteiger partial charge is 0.494 e. The molecule has 2 N–H and O–H groups in total. The van der Waals surface area contributed by atoms with Crippen LogP contribution in [0.25, 0.3) is 22.2 Å². The second-order valence-corrected chi connectivity index (χ2v) is 10.7. The first-order chi connectivity index (χ1) is 21.2. The van der Waals surface area contributed by atoms with Crippen molar-refractivity contribution in [3.63, 3.8) is 0 Å². The van der Waals surface area contributed by atoms with Gasteiger partial charge in [0.15, 0.2) is 0 Å². The number of nitrogens with zero attached hydrogens (tertiary/aromatic N) is 2. The van der Waals surface area contributed by atoms with Gasteiger partial charge in [0.25, 0.3) is 5.91 Å². The molecule has 7 nitrogen and oxygen atoms in total. The highest BCUT2D eigenvalue weighted by Gasteiger charge is 2.57. The number of benzene rings is 2. The molecule has 3 heterocycles. The molecule has 2 aromatic heterocycles. The van der Waals surface area contributed by atoms with E-state index in [1.54, 1.807) is 26.0 Å². The molecule has 0 aliphatic carbocycles. The molecule has 0 bridgehead atoms. The fourth-order valence-electron chi connectivity index (χ4n) is 4.66. The standard InChI is InChI=1S/C29H24ClF4N3O4.2C2H6/c1-27(2)14-41-25-18(27)12-22(37-24(25)16-6-7-20(31)19(30)10-16)28(39,29(32,33)34)13-36-26(38)17-9-15-5-4-8-35-23(15)21(11-17)40-3;2*1-2/h4-12,39H,13-14H2,1-3H3,(H,36,38);2*1-2H3. The van der Waals surface area contributed by atoms with Gasteiger partial charge in [-0.05, 0) is 42.5 Å². The van der Waals surface area contributed by atoms with Crippen LogP contribution in [0, 0.1) is 5.82 Å². The number of pyridine rings is 2. The summed E-state index contributed by atoms with van der Waals surface area (Å²) in [6, 6.07) is 10.8. The highest BCUT2D eigenvalue weighted by Crippen LogP contribution is 2.47. The number of fused-ring (bicyclic) bond motifs is 2. The number of carbonyl (C=O) groups is 1. The average Bonchev–Trinajstić information content (AvgIpc) is 3.35. The SMILES string of the molecule is CC.CC.COc1cc(C(=O)NCC(O)(c2cc3c(c(-c4ccc(F)c(Cl)c4)n2)OCC3(C)C)C(F)(F)F)cc2cccnc12. The van der Waals surface area contributed by atoms with Crippen molar-refractivity contribution in [3.05, 3.63) is 82.4 Å². The van der Waals surface area contributed by atoms with Crippen molar-refractivity contribution in [2.24, 2.45) is 0 Å². The van der Waals surface area contributed by atoms with Crippen LogP contribution in [0.5, 0.6) is 11.5 Å². The van der Waals surface area contributed by atoms with Crippen LogP contribution in [-0.2, 0) is 11.0 Å². The van der Waals surface area contributed by atoms with Gasteiger partial charge in [-0.3, -0.25) is 9.78 Å². The van der Waals surface area contributed by atoms with Crippen LogP contribution in [0.15, 0.2) is 54.7 Å². The summed E-state index contributed by atoms with van der Waals surface area (Å²) in [4.78, 5) is 21.4. The summed E-state index contributed by atoms with van der Waals surface area (Å²) < 4.78 is 68.7. The monoisotopic (exact) mass is 649 g/mol. The normalized spacial score (nSPS) is 14.5. The Morgan fingerprint density at radius 1 is 1.11 bits per heavy atom. The van der Waals surface area contributed by atoms with Crippen LogP contribution < -0.4 is 14.8 Å². The van der Waals surface area contributed by atoms with Gasteiger partial charge < -0.3 is 19.9 Å². The lowest BCUT2D eigenvalue weighted by Gasteiger charge is -2.31. The molecule has 1 aliphatic heterocycles. The maximum Gasteiger partial charge on any atom is 0.424 e. The molecule has 0 fully saturated rings. The number of halogens is 5. The number of aromatic nitrogens is 2. The van der Waals surface area contributed by atoms with E-state index < -0.39 is 41.2 Å². The molecule has 0 radical (unpaired) electrons. The second kappa shape index (κ2) is 14.0. The minimum Gasteiger partial charge on any atom is -0.494 e. The number of carbonyl (C=O) groups excluding carboxylic acids is 1. The van der Waals surface area contributed by atoms with Crippen LogP contribution in [0.2, 0.25) is 5.02 Å². The van der Waals surface area contributed by atoms with E-state index in [0.29, 0.717) is 16.5 Å². The summed E-state index contributed by atoms with van der Waals surface area (Å²) in [5.41, 5.74) is -4.13. The zero-order chi connectivity index (χ0) is 33.7. The molecule has 242 valence electrons. The van der Waals surface area contributed by atoms with Crippen LogP contribution in [0.4, 0.5) is 17.6 Å². The number of nitrogens with one attached hydrogen (secondary N) is 1. The van der Waals surface area contributed by atoms with Crippen LogP contribution >= 0.6 is 11.6 Å². The predicted octanol–water partition coefficient (Wildman–Crippen LogP) is 8.00. The lowest BCUT2D eigenvalue weighted by atomic mass is 9.84. The minimum absolute atomic E-state index is 0.00460. The van der Waals surface area contributed by atoms with Crippen molar-refractivity contribution < 1.29 is 36.9 Å². The Balaban J connectivity index is 0.00000133. The van der Waals surface area contributed by atoms with E-state index in [9.17, 15) is 27.5 Å². The molecule has 45 heavy (non-hydrogen) atoms. The summed E-state index contributed by atoms with van der Waals surface area (Å²) in [6.45, 7) is 10.4. The number of hydrogen-bond donors (Lipinski definition) is 2. The number of amides is 1. The molecule has 4 aromatic rings. The van der Waals surface area contributed by atoms with Gasteiger partial charge in [0.1, 0.15) is 28.5 Å². The molecule has 5 rings (SSSR count). The van der Waals surface area contributed by atoms with Gasteiger partial charge in [-0.25, -0.2) is 9.37 Å². The van der Waals surface area contributed by atoms with E-state index in [1.165, 1.54) is 37.6 Å². The minimum atomic E-state index is -5.26. The van der Waals surface area contributed by atoms with E-state index in [0.717, 1.165) is 12.1 Å². The fourth-order valence-corrected chi connectivity index (χ4v) is 4.84. The van der Waals surface area contributed by atoms with Gasteiger partial charge in [-0.15, -0.1) is 0 Å². The molecule has 1 atom stereocenters. The summed E-state index contributed by atoms with van der Waals surface area (Å²) in [5.74, 6) is -1.15. The summed E-state index contributed by atoms with van der Waals surface area (Å²) >= 11 is 5.94. The number of methoxy groups -OCH3 is 1. The first kappa shape index (κ1) is 35.5. The zero-order valence-corrected chi connectivity index (χ0v) is 26.8. The molecular formula is C33H36ClF4N3O4. The van der Waals surface area contributed by atoms with Crippen molar-refractivity contribution >= 4 is 28.4 Å². The molecular weight excluding hydrogens is 614 g/mol. The smallest absolute Gasteiger partial charge is 0.424 e. The van der Waals surface area contributed by atoms with E-state index in [2.05, 4.69) is 15.3 Å². The number of hydrogen-bond acceptors (Lipinski definition) is 6. The number of rotatable bonds is 6. The Bertz CT molecular complexity index is 1680. The van der Waals surface area contributed by atoms with Crippen LogP contribution in [-0.4, -0.2) is 47.4 Å². The number of ether oxygens (including phenoxy) is 2. The predicted molar refractivity (Wildman–Crippen MR) is 166 cm³/mol. The van der Waals surface area contributed by atoms with E-state index in [-0.39, 0.29) is 39.9 Å². The summed E-state index contributed by atoms with van der Waals surface area (Å²) in [7, 11) is 1.38. The number of alkyl halides is 3. The van der Waals surface area contributed by atoms with Crippen molar-refractivity contribution in [1.82, 2.24) is 15.3 Å². The third kappa shape index (κ3) is 6.99. The van der Waals surface area contributed by atoms with Crippen molar-refractivity contribution in [2.75, 3.05) is 20.3 Å². The Kier molecular flexibility index (Phi) is 11.0. The van der Waals surface area contributed by atoms with Crippen molar-refractivity contribution in [3.8, 4) is 22.8 Å². The molecule has 1 unspecified atom stereocenters. The van der Waals surface area contributed by atoms with E-state index in [4.69, 9.17) is 21.1 Å². The highest BCUT2D eigenvalue weighted by molar-refractivity contribution is 6.31. The maximum absolute atomic E-state index is 14.6. The molecule has 1 amide bonds. The highest BCUT2D eigenvalue weighted by atomic mass is 35.5.